The van der Waals surface area contributed by atoms with Crippen molar-refractivity contribution in [3.63, 3.8) is 0 Å². The van der Waals surface area contributed by atoms with Crippen LogP contribution in [0.2, 0.25) is 0 Å². The Morgan fingerprint density at radius 3 is 3.07 bits per heavy atom. The van der Waals surface area contributed by atoms with E-state index in [1.54, 1.807) is 35.5 Å². The van der Waals surface area contributed by atoms with Gasteiger partial charge in [-0.25, -0.2) is 14.5 Å². The highest BCUT2D eigenvalue weighted by Gasteiger charge is 2.29. The van der Waals surface area contributed by atoms with Crippen LogP contribution in [0.1, 0.15) is 16.9 Å². The van der Waals surface area contributed by atoms with E-state index in [2.05, 4.69) is 20.4 Å². The number of methoxy groups -OCH3 is 2. The highest BCUT2D eigenvalue weighted by Crippen LogP contribution is 2.41. The quantitative estimate of drug-likeness (QED) is 0.517. The summed E-state index contributed by atoms with van der Waals surface area (Å²) in [6.07, 6.45) is 7.40. The third-order valence-corrected chi connectivity index (χ3v) is 6.51. The van der Waals surface area contributed by atoms with E-state index in [1.165, 1.54) is 17.6 Å². The van der Waals surface area contributed by atoms with E-state index in [0.717, 1.165) is 40.1 Å². The summed E-state index contributed by atoms with van der Waals surface area (Å²) in [6, 6.07) is 3.91. The smallest absolute Gasteiger partial charge is 0.309 e. The van der Waals surface area contributed by atoms with Crippen molar-refractivity contribution in [1.29, 1.82) is 0 Å². The topological polar surface area (TPSA) is 90.6 Å². The number of nitrogens with zero attached hydrogens (tertiary/aromatic N) is 4. The second kappa shape index (κ2) is 7.00. The van der Waals surface area contributed by atoms with Gasteiger partial charge in [0.25, 0.3) is 0 Å². The summed E-state index contributed by atoms with van der Waals surface area (Å²) in [4.78, 5) is 23.1. The first-order chi connectivity index (χ1) is 14.2. The summed E-state index contributed by atoms with van der Waals surface area (Å²) < 4.78 is 12.2. The van der Waals surface area contributed by atoms with Crippen molar-refractivity contribution >= 4 is 44.5 Å². The SMILES string of the molecule is COC(=O)[C@H]1CCc2c(sc3ncnc(Nc4cc5ccnn5cc4OC)c23)C1. The fourth-order valence-electron chi connectivity index (χ4n) is 3.91. The van der Waals surface area contributed by atoms with Crippen LogP contribution < -0.4 is 10.1 Å². The third-order valence-electron chi connectivity index (χ3n) is 5.35. The van der Waals surface area contributed by atoms with Gasteiger partial charge in [0.2, 0.25) is 0 Å². The summed E-state index contributed by atoms with van der Waals surface area (Å²) in [5.74, 6) is 1.18. The zero-order valence-electron chi connectivity index (χ0n) is 16.0. The molecule has 0 fully saturated rings. The van der Waals surface area contributed by atoms with E-state index in [-0.39, 0.29) is 11.9 Å². The molecular weight excluding hydrogens is 390 g/mol. The van der Waals surface area contributed by atoms with Gasteiger partial charge in [-0.05, 0) is 37.0 Å². The highest BCUT2D eigenvalue weighted by atomic mass is 32.1. The molecule has 4 heterocycles. The molecule has 1 N–H and O–H groups in total. The average molecular weight is 409 g/mol. The number of hydrogen-bond donors (Lipinski definition) is 1. The largest absolute Gasteiger partial charge is 0.493 e. The Bertz CT molecular complexity index is 1230. The molecule has 9 heteroatoms. The molecule has 5 rings (SSSR count). The van der Waals surface area contributed by atoms with Crippen molar-refractivity contribution in [2.75, 3.05) is 19.5 Å². The lowest BCUT2D eigenvalue weighted by molar-refractivity contribution is -0.145. The fourth-order valence-corrected chi connectivity index (χ4v) is 5.17. The van der Waals surface area contributed by atoms with Gasteiger partial charge in [0.15, 0.2) is 5.75 Å². The molecule has 0 aromatic carbocycles. The van der Waals surface area contributed by atoms with Crippen molar-refractivity contribution in [3.05, 3.63) is 41.3 Å². The number of esters is 1. The molecule has 4 aromatic heterocycles. The second-order valence-corrected chi connectivity index (χ2v) is 8.03. The van der Waals surface area contributed by atoms with E-state index in [0.29, 0.717) is 12.2 Å². The van der Waals surface area contributed by atoms with Gasteiger partial charge < -0.3 is 14.8 Å². The van der Waals surface area contributed by atoms with Gasteiger partial charge in [-0.1, -0.05) is 0 Å². The molecule has 4 aromatic rings. The Hall–Kier alpha value is -3.20. The normalized spacial score (nSPS) is 16.0. The lowest BCUT2D eigenvalue weighted by atomic mass is 9.88. The second-order valence-electron chi connectivity index (χ2n) is 6.95. The number of aromatic nitrogens is 4. The minimum atomic E-state index is -0.142. The van der Waals surface area contributed by atoms with Crippen LogP contribution >= 0.6 is 11.3 Å². The Kier molecular flexibility index (Phi) is 4.31. The maximum absolute atomic E-state index is 12.0. The van der Waals surface area contributed by atoms with Crippen molar-refractivity contribution in [2.45, 2.75) is 19.3 Å². The molecule has 8 nitrogen and oxygen atoms in total. The zero-order valence-corrected chi connectivity index (χ0v) is 16.8. The number of aryl methyl sites for hydroxylation is 1. The van der Waals surface area contributed by atoms with Crippen LogP contribution in [0, 0.1) is 5.92 Å². The summed E-state index contributed by atoms with van der Waals surface area (Å²) in [5.41, 5.74) is 2.98. The minimum absolute atomic E-state index is 0.0886. The van der Waals surface area contributed by atoms with Crippen LogP contribution in [0.4, 0.5) is 11.5 Å². The third kappa shape index (κ3) is 2.98. The Morgan fingerprint density at radius 1 is 1.34 bits per heavy atom. The van der Waals surface area contributed by atoms with Crippen LogP contribution in [0.5, 0.6) is 5.75 Å². The highest BCUT2D eigenvalue weighted by molar-refractivity contribution is 7.19. The van der Waals surface area contributed by atoms with Crippen LogP contribution in [0.25, 0.3) is 15.7 Å². The van der Waals surface area contributed by atoms with E-state index in [1.807, 2.05) is 18.3 Å². The molecule has 0 unspecified atom stereocenters. The number of rotatable bonds is 4. The summed E-state index contributed by atoms with van der Waals surface area (Å²) >= 11 is 1.63. The minimum Gasteiger partial charge on any atom is -0.493 e. The Morgan fingerprint density at radius 2 is 2.24 bits per heavy atom. The monoisotopic (exact) mass is 409 g/mol. The summed E-state index contributed by atoms with van der Waals surface area (Å²) in [7, 11) is 3.08. The van der Waals surface area contributed by atoms with Gasteiger partial charge in [0, 0.05) is 11.1 Å². The number of pyridine rings is 1. The number of thiophene rings is 1. The molecular formula is C20H19N5O3S. The number of nitrogens with one attached hydrogen (secondary N) is 1. The van der Waals surface area contributed by atoms with E-state index in [9.17, 15) is 4.79 Å². The molecule has 29 heavy (non-hydrogen) atoms. The van der Waals surface area contributed by atoms with Gasteiger partial charge in [0.1, 0.15) is 17.0 Å². The van der Waals surface area contributed by atoms with Crippen LogP contribution in [-0.4, -0.2) is 39.8 Å². The van der Waals surface area contributed by atoms with Gasteiger partial charge in [-0.2, -0.15) is 5.10 Å². The number of hydrogen-bond acceptors (Lipinski definition) is 8. The zero-order chi connectivity index (χ0) is 20.0. The van der Waals surface area contributed by atoms with Gasteiger partial charge >= 0.3 is 5.97 Å². The molecule has 0 saturated carbocycles. The standard InChI is InChI=1S/C20H19N5O3S/c1-27-15-9-25-12(5-6-23-25)8-14(15)24-18-17-13-4-3-11(20(26)28-2)7-16(13)29-19(17)22-10-21-18/h5-6,8-11H,3-4,7H2,1-2H3,(H,21,22,24)/t11-/m0/s1. The first-order valence-corrected chi connectivity index (χ1v) is 10.1. The van der Waals surface area contributed by atoms with Gasteiger partial charge in [-0.15, -0.1) is 11.3 Å². The summed E-state index contributed by atoms with van der Waals surface area (Å²) in [6.45, 7) is 0. The fraction of sp³-hybridized carbons (Fsp3) is 0.300. The Labute approximate surface area is 170 Å². The predicted octanol–water partition coefficient (Wildman–Crippen LogP) is 3.37. The first kappa shape index (κ1) is 17.9. The number of carbonyl (C=O) groups excluding carboxylic acids is 1. The lowest BCUT2D eigenvalue weighted by Gasteiger charge is -2.20. The van der Waals surface area contributed by atoms with E-state index >= 15 is 0 Å². The van der Waals surface area contributed by atoms with Crippen LogP contribution in [-0.2, 0) is 22.4 Å². The maximum atomic E-state index is 12.0. The van der Waals surface area contributed by atoms with Gasteiger partial charge in [0.05, 0.1) is 42.9 Å². The maximum Gasteiger partial charge on any atom is 0.309 e. The molecule has 0 radical (unpaired) electrons. The van der Waals surface area contributed by atoms with Crippen LogP contribution in [0.15, 0.2) is 30.9 Å². The van der Waals surface area contributed by atoms with Gasteiger partial charge in [-0.3, -0.25) is 4.79 Å². The van der Waals surface area contributed by atoms with Crippen molar-refractivity contribution < 1.29 is 14.3 Å². The van der Waals surface area contributed by atoms with E-state index < -0.39 is 0 Å². The van der Waals surface area contributed by atoms with Crippen molar-refractivity contribution in [2.24, 2.45) is 5.92 Å². The molecule has 1 aliphatic carbocycles. The van der Waals surface area contributed by atoms with Crippen molar-refractivity contribution in [3.8, 4) is 5.75 Å². The Balaban J connectivity index is 1.57. The molecule has 0 spiro atoms. The number of carbonyl (C=O) groups is 1. The predicted molar refractivity (Wildman–Crippen MR) is 110 cm³/mol. The molecule has 0 aliphatic heterocycles. The van der Waals surface area contributed by atoms with Crippen molar-refractivity contribution in [1.82, 2.24) is 19.6 Å². The molecule has 0 bridgehead atoms. The number of ether oxygens (including phenoxy) is 2. The number of fused-ring (bicyclic) bond motifs is 4. The molecule has 0 amide bonds. The average Bonchev–Trinajstić information content (AvgIpc) is 3.35. The molecule has 1 atom stereocenters. The van der Waals surface area contributed by atoms with Crippen LogP contribution in [0.3, 0.4) is 0 Å². The molecule has 148 valence electrons. The number of anilines is 2. The lowest BCUT2D eigenvalue weighted by Crippen LogP contribution is -2.22. The summed E-state index contributed by atoms with van der Waals surface area (Å²) in [5, 5.41) is 8.70. The first-order valence-electron chi connectivity index (χ1n) is 9.29. The molecule has 0 saturated heterocycles. The van der Waals surface area contributed by atoms with E-state index in [4.69, 9.17) is 9.47 Å². The molecule has 1 aliphatic rings.